The first-order valence-corrected chi connectivity index (χ1v) is 15.7. The van der Waals surface area contributed by atoms with E-state index >= 15 is 0 Å². The summed E-state index contributed by atoms with van der Waals surface area (Å²) in [5, 5.41) is 0. The van der Waals surface area contributed by atoms with Gasteiger partial charge in [-0.2, -0.15) is 23.5 Å². The Morgan fingerprint density at radius 3 is 1.12 bits per heavy atom. The fraction of sp³-hybridized carbons (Fsp3) is 0.643. The predicted molar refractivity (Wildman–Crippen MR) is 158 cm³/mol. The first kappa shape index (κ1) is 39.0. The van der Waals surface area contributed by atoms with Crippen molar-refractivity contribution in [3.8, 4) is 0 Å². The van der Waals surface area contributed by atoms with Gasteiger partial charge in [-0.3, -0.25) is 19.2 Å². The van der Waals surface area contributed by atoms with Gasteiger partial charge in [-0.15, -0.1) is 0 Å². The van der Waals surface area contributed by atoms with E-state index in [2.05, 4.69) is 20.1 Å². The molecule has 0 atom stereocenters. The fourth-order valence-electron chi connectivity index (χ4n) is 2.57. The van der Waals surface area contributed by atoms with E-state index in [9.17, 15) is 28.8 Å². The van der Waals surface area contributed by atoms with Crippen LogP contribution in [0.3, 0.4) is 0 Å². The highest BCUT2D eigenvalue weighted by Gasteiger charge is 2.12. The number of rotatable bonds is 24. The van der Waals surface area contributed by atoms with Crippen LogP contribution in [-0.2, 0) is 57.2 Å². The Morgan fingerprint density at radius 2 is 0.810 bits per heavy atom. The number of ether oxygens (including phenoxy) is 6. The van der Waals surface area contributed by atoms with E-state index in [1.54, 1.807) is 23.5 Å². The number of hydrogen-bond acceptors (Lipinski definition) is 14. The van der Waals surface area contributed by atoms with Gasteiger partial charge in [0.2, 0.25) is 0 Å². The molecule has 0 fully saturated rings. The van der Waals surface area contributed by atoms with E-state index in [1.165, 1.54) is 13.8 Å². The minimum absolute atomic E-state index is 0.0794. The molecule has 0 radical (unpaired) electrons. The normalized spacial score (nSPS) is 10.4. The average Bonchev–Trinajstić information content (AvgIpc) is 2.94. The molecule has 0 aromatic heterocycles. The minimum Gasteiger partial charge on any atom is -0.465 e. The summed E-state index contributed by atoms with van der Waals surface area (Å²) in [5.41, 5.74) is 0.504. The van der Waals surface area contributed by atoms with Crippen molar-refractivity contribution in [2.24, 2.45) is 5.92 Å². The third-order valence-electron chi connectivity index (χ3n) is 4.71. The molecule has 0 spiro atoms. The largest absolute Gasteiger partial charge is 0.465 e. The summed E-state index contributed by atoms with van der Waals surface area (Å²) in [5.74, 6) is 0.107. The molecule has 0 heterocycles. The highest BCUT2D eigenvalue weighted by molar-refractivity contribution is 8.00. The molecular formula is C28H42O12S2. The zero-order chi connectivity index (χ0) is 31.8. The van der Waals surface area contributed by atoms with Crippen LogP contribution in [0.15, 0.2) is 24.3 Å². The second-order valence-electron chi connectivity index (χ2n) is 8.97. The molecular weight excluding hydrogens is 592 g/mol. The first-order valence-electron chi connectivity index (χ1n) is 13.4. The second-order valence-corrected chi connectivity index (χ2v) is 11.3. The van der Waals surface area contributed by atoms with Gasteiger partial charge in [0.25, 0.3) is 0 Å². The maximum absolute atomic E-state index is 11.8. The van der Waals surface area contributed by atoms with Crippen LogP contribution in [0.4, 0.5) is 0 Å². The van der Waals surface area contributed by atoms with Gasteiger partial charge in [-0.25, -0.2) is 9.59 Å². The Balaban J connectivity index is 3.64. The summed E-state index contributed by atoms with van der Waals surface area (Å²) < 4.78 is 29.6. The molecule has 0 aliphatic heterocycles. The van der Waals surface area contributed by atoms with Gasteiger partial charge in [0.1, 0.15) is 39.6 Å². The Kier molecular flexibility index (Phi) is 22.8. The zero-order valence-electron chi connectivity index (χ0n) is 24.6. The maximum atomic E-state index is 11.8. The molecule has 0 unspecified atom stereocenters. The number of carbonyl (C=O) groups is 6. The number of esters is 6. The molecule has 42 heavy (non-hydrogen) atoms. The molecule has 14 heteroatoms. The minimum atomic E-state index is -0.578. The van der Waals surface area contributed by atoms with E-state index in [0.29, 0.717) is 17.4 Å². The van der Waals surface area contributed by atoms with Crippen LogP contribution in [0.5, 0.6) is 0 Å². The molecule has 238 valence electrons. The van der Waals surface area contributed by atoms with Crippen LogP contribution in [-0.4, -0.2) is 98.5 Å². The molecule has 0 N–H and O–H groups in total. The highest BCUT2D eigenvalue weighted by atomic mass is 32.2. The van der Waals surface area contributed by atoms with Gasteiger partial charge in [-0.05, 0) is 31.3 Å². The molecule has 0 aromatic rings. The van der Waals surface area contributed by atoms with Crippen LogP contribution >= 0.6 is 23.5 Å². The SMILES string of the molecule is C=C(C)C(=O)OCCOC(=O)CCC(=O)OCCSCC(C)CSCCOC(=O)CCC(=O)OCCOC(=O)C(=C)C. The molecule has 0 aromatic carbocycles. The third kappa shape index (κ3) is 23.7. The Bertz CT molecular complexity index is 847. The predicted octanol–water partition coefficient (Wildman–Crippen LogP) is 3.06. The van der Waals surface area contributed by atoms with Crippen molar-refractivity contribution in [1.82, 2.24) is 0 Å². The van der Waals surface area contributed by atoms with E-state index in [4.69, 9.17) is 28.4 Å². The molecule has 0 bridgehead atoms. The molecule has 0 rings (SSSR count). The topological polar surface area (TPSA) is 158 Å². The summed E-state index contributed by atoms with van der Waals surface area (Å²) in [7, 11) is 0. The quantitative estimate of drug-likeness (QED) is 0.0660. The zero-order valence-corrected chi connectivity index (χ0v) is 26.2. The van der Waals surface area contributed by atoms with E-state index in [-0.39, 0.29) is 76.5 Å². The van der Waals surface area contributed by atoms with Gasteiger partial charge in [-0.1, -0.05) is 20.1 Å². The van der Waals surface area contributed by atoms with Crippen LogP contribution in [0.2, 0.25) is 0 Å². The standard InChI is InChI=1S/C28H42O12S2/c1-20(2)27(33)39-12-10-35-23(29)6-8-25(31)37-14-16-41-18-22(5)19-42-17-15-38-26(32)9-7-24(30)36-11-13-40-28(34)21(3)4/h22H,1,3,6-19H2,2,4-5H3. The van der Waals surface area contributed by atoms with E-state index in [1.807, 2.05) is 0 Å². The molecule has 0 aliphatic rings. The Hall–Kier alpha value is -3.00. The number of carbonyl (C=O) groups excluding carboxylic acids is 6. The summed E-state index contributed by atoms with van der Waals surface area (Å²) >= 11 is 3.29. The molecule has 0 aliphatic carbocycles. The van der Waals surface area contributed by atoms with Crippen molar-refractivity contribution in [3.63, 3.8) is 0 Å². The highest BCUT2D eigenvalue weighted by Crippen LogP contribution is 2.14. The van der Waals surface area contributed by atoms with E-state index in [0.717, 1.165) is 11.5 Å². The fourth-order valence-corrected chi connectivity index (χ4v) is 4.49. The summed E-state index contributed by atoms with van der Waals surface area (Å²) in [6.45, 7) is 12.1. The number of hydrogen-bond donors (Lipinski definition) is 0. The van der Waals surface area contributed by atoms with Crippen LogP contribution in [0, 0.1) is 5.92 Å². The van der Waals surface area contributed by atoms with E-state index < -0.39 is 35.8 Å². The van der Waals surface area contributed by atoms with Crippen LogP contribution in [0.1, 0.15) is 46.5 Å². The van der Waals surface area contributed by atoms with Crippen molar-refractivity contribution in [2.45, 2.75) is 46.5 Å². The second kappa shape index (κ2) is 24.6. The average molecular weight is 635 g/mol. The lowest BCUT2D eigenvalue weighted by atomic mass is 10.3. The van der Waals surface area contributed by atoms with Gasteiger partial charge >= 0.3 is 35.8 Å². The van der Waals surface area contributed by atoms with Gasteiger partial charge in [0.05, 0.1) is 25.7 Å². The van der Waals surface area contributed by atoms with Gasteiger partial charge < -0.3 is 28.4 Å². The molecule has 0 saturated heterocycles. The smallest absolute Gasteiger partial charge is 0.333 e. The lowest BCUT2D eigenvalue weighted by molar-refractivity contribution is -0.152. The van der Waals surface area contributed by atoms with Crippen molar-refractivity contribution in [2.75, 3.05) is 62.7 Å². The van der Waals surface area contributed by atoms with Crippen molar-refractivity contribution >= 4 is 59.3 Å². The summed E-state index contributed by atoms with van der Waals surface area (Å²) in [6.07, 6.45) is -0.420. The summed E-state index contributed by atoms with van der Waals surface area (Å²) in [6, 6.07) is 0. The van der Waals surface area contributed by atoms with Crippen LogP contribution in [0.25, 0.3) is 0 Å². The Morgan fingerprint density at radius 1 is 0.524 bits per heavy atom. The maximum Gasteiger partial charge on any atom is 0.333 e. The van der Waals surface area contributed by atoms with Crippen LogP contribution < -0.4 is 0 Å². The van der Waals surface area contributed by atoms with Gasteiger partial charge in [0, 0.05) is 22.7 Å². The molecule has 12 nitrogen and oxygen atoms in total. The Labute approximate surface area is 255 Å². The molecule has 0 saturated carbocycles. The molecule has 0 amide bonds. The first-order chi connectivity index (χ1) is 19.9. The van der Waals surface area contributed by atoms with Crippen molar-refractivity contribution in [1.29, 1.82) is 0 Å². The summed E-state index contributed by atoms with van der Waals surface area (Å²) in [4.78, 5) is 69.1. The van der Waals surface area contributed by atoms with Crippen molar-refractivity contribution in [3.05, 3.63) is 24.3 Å². The number of thioether (sulfide) groups is 2. The third-order valence-corrected chi connectivity index (χ3v) is 7.23. The van der Waals surface area contributed by atoms with Gasteiger partial charge in [0.15, 0.2) is 0 Å². The lowest BCUT2D eigenvalue weighted by Gasteiger charge is -2.11. The van der Waals surface area contributed by atoms with Crippen molar-refractivity contribution < 1.29 is 57.2 Å². The monoisotopic (exact) mass is 634 g/mol. The lowest BCUT2D eigenvalue weighted by Crippen LogP contribution is -2.16.